The van der Waals surface area contributed by atoms with Gasteiger partial charge in [0.1, 0.15) is 5.82 Å². The molecule has 0 unspecified atom stereocenters. The minimum Gasteiger partial charge on any atom is -0.334 e. The van der Waals surface area contributed by atoms with Gasteiger partial charge in [-0.15, -0.1) is 0 Å². The van der Waals surface area contributed by atoms with E-state index in [0.29, 0.717) is 24.2 Å². The summed E-state index contributed by atoms with van der Waals surface area (Å²) in [4.78, 5) is 26.3. The second-order valence-corrected chi connectivity index (χ2v) is 6.98. The minimum absolute atomic E-state index is 0.0697. The average molecular weight is 376 g/mol. The molecule has 1 aliphatic rings. The van der Waals surface area contributed by atoms with Crippen LogP contribution in [0.5, 0.6) is 0 Å². The number of nitrogens with zero attached hydrogens (tertiary/aromatic N) is 1. The number of carbonyl (C=O) groups is 2. The quantitative estimate of drug-likeness (QED) is 0.713. The summed E-state index contributed by atoms with van der Waals surface area (Å²) < 4.78 is 29.2. The lowest BCUT2D eigenvalue weighted by atomic mass is 9.94. The molecule has 0 saturated carbocycles. The lowest BCUT2D eigenvalue weighted by molar-refractivity contribution is -0.116. The Bertz CT molecular complexity index is 974. The molecule has 0 bridgehead atoms. The number of hydrogen-bond acceptors (Lipinski definition) is 6. The monoisotopic (exact) mass is 376 g/mol. The van der Waals surface area contributed by atoms with Crippen molar-refractivity contribution >= 4 is 28.1 Å². The molecule has 0 atom stereocenters. The fraction of sp³-hybridized carbons (Fsp3) is 0.188. The summed E-state index contributed by atoms with van der Waals surface area (Å²) in [5.41, 5.74) is 8.06. The molecule has 1 aromatic carbocycles. The van der Waals surface area contributed by atoms with Crippen molar-refractivity contribution in [2.24, 2.45) is 5.73 Å². The number of aromatic nitrogens is 1. The summed E-state index contributed by atoms with van der Waals surface area (Å²) in [6.45, 7) is -0.0759. The largest absolute Gasteiger partial charge is 0.421 e. The van der Waals surface area contributed by atoms with Crippen molar-refractivity contribution in [2.45, 2.75) is 19.4 Å². The summed E-state index contributed by atoms with van der Waals surface area (Å²) in [5, 5.41) is 2.75. The molecule has 0 spiro atoms. The Morgan fingerprint density at radius 1 is 1.31 bits per heavy atom. The van der Waals surface area contributed by atoms with E-state index < -0.39 is 16.4 Å². The number of rotatable bonds is 5. The van der Waals surface area contributed by atoms with Gasteiger partial charge in [-0.05, 0) is 35.2 Å². The molecule has 3 rings (SSSR count). The zero-order valence-electron chi connectivity index (χ0n) is 13.6. The normalized spacial score (nSPS) is 13.6. The average Bonchev–Trinajstić information content (AvgIpc) is 2.58. The first kappa shape index (κ1) is 17.8. The van der Waals surface area contributed by atoms with Crippen LogP contribution in [-0.2, 0) is 32.2 Å². The summed E-state index contributed by atoms with van der Waals surface area (Å²) in [7, 11) is -4.26. The van der Waals surface area contributed by atoms with Gasteiger partial charge in [0.15, 0.2) is 0 Å². The number of fused-ring (bicyclic) bond motifs is 1. The van der Waals surface area contributed by atoms with Gasteiger partial charge in [0.25, 0.3) is 0 Å². The third-order valence-electron chi connectivity index (χ3n) is 3.80. The van der Waals surface area contributed by atoms with Crippen LogP contribution in [0.3, 0.4) is 0 Å². The predicted molar refractivity (Wildman–Crippen MR) is 93.1 cm³/mol. The number of carbonyl (C=O) groups excluding carboxylic acids is 2. The zero-order chi connectivity index (χ0) is 18.7. The Balaban J connectivity index is 1.84. The van der Waals surface area contributed by atoms with Crippen LogP contribution < -0.4 is 15.8 Å². The lowest BCUT2D eigenvalue weighted by Gasteiger charge is -2.19. The molecular weight excluding hydrogens is 360 g/mol. The fourth-order valence-corrected chi connectivity index (χ4v) is 3.33. The molecule has 2 aromatic rings. The highest BCUT2D eigenvalue weighted by atomic mass is 32.2. The van der Waals surface area contributed by atoms with E-state index in [-0.39, 0.29) is 12.5 Å². The predicted octanol–water partition coefficient (Wildman–Crippen LogP) is 1.06. The maximum atomic E-state index is 11.5. The molecule has 0 aliphatic carbocycles. The number of amides is 2. The molecule has 2 amide bonds. The second kappa shape index (κ2) is 7.10. The lowest BCUT2D eigenvalue weighted by Crippen LogP contribution is -2.30. The summed E-state index contributed by atoms with van der Waals surface area (Å²) in [6, 6.07) is 9.03. The number of nitrogens with two attached hydrogens (primary N) is 1. The molecule has 0 radical (unpaired) electrons. The molecule has 0 saturated heterocycles. The SMILES string of the molecule is NC(=O)OS(=O)(=O)NCc1cccc(-c2ccnc3c2CCC(=O)N3)c1. The van der Waals surface area contributed by atoms with E-state index in [0.717, 1.165) is 16.7 Å². The van der Waals surface area contributed by atoms with Crippen LogP contribution in [0.15, 0.2) is 36.5 Å². The van der Waals surface area contributed by atoms with Crippen molar-refractivity contribution in [2.75, 3.05) is 5.32 Å². The maximum absolute atomic E-state index is 11.5. The van der Waals surface area contributed by atoms with Crippen LogP contribution in [0.1, 0.15) is 17.5 Å². The highest BCUT2D eigenvalue weighted by molar-refractivity contribution is 7.85. The van der Waals surface area contributed by atoms with Gasteiger partial charge in [-0.2, -0.15) is 13.1 Å². The van der Waals surface area contributed by atoms with Crippen LogP contribution in [0.4, 0.5) is 10.6 Å². The van der Waals surface area contributed by atoms with Gasteiger partial charge in [0.2, 0.25) is 5.91 Å². The number of benzene rings is 1. The Labute approximate surface area is 149 Å². The van der Waals surface area contributed by atoms with Crippen LogP contribution >= 0.6 is 0 Å². The number of primary amides is 1. The fourth-order valence-electron chi connectivity index (χ4n) is 2.71. The van der Waals surface area contributed by atoms with Gasteiger partial charge >= 0.3 is 16.4 Å². The second-order valence-electron chi connectivity index (χ2n) is 5.61. The number of hydrogen-bond donors (Lipinski definition) is 3. The molecule has 1 aliphatic heterocycles. The number of pyridine rings is 1. The van der Waals surface area contributed by atoms with Crippen molar-refractivity contribution in [3.05, 3.63) is 47.7 Å². The summed E-state index contributed by atoms with van der Waals surface area (Å²) in [6.07, 6.45) is 1.16. The molecule has 1 aromatic heterocycles. The molecule has 26 heavy (non-hydrogen) atoms. The van der Waals surface area contributed by atoms with Crippen LogP contribution in [0, 0.1) is 0 Å². The Kier molecular flexibility index (Phi) is 4.87. The topological polar surface area (TPSA) is 140 Å². The van der Waals surface area contributed by atoms with Crippen molar-refractivity contribution in [3.8, 4) is 11.1 Å². The summed E-state index contributed by atoms with van der Waals surface area (Å²) >= 11 is 0. The highest BCUT2D eigenvalue weighted by Crippen LogP contribution is 2.31. The van der Waals surface area contributed by atoms with Crippen molar-refractivity contribution in [1.82, 2.24) is 9.71 Å². The van der Waals surface area contributed by atoms with E-state index in [2.05, 4.69) is 19.2 Å². The Hall–Kier alpha value is -2.98. The van der Waals surface area contributed by atoms with Crippen molar-refractivity contribution in [3.63, 3.8) is 0 Å². The summed E-state index contributed by atoms with van der Waals surface area (Å²) in [5.74, 6) is 0.472. The van der Waals surface area contributed by atoms with Gasteiger partial charge in [-0.3, -0.25) is 4.79 Å². The molecular formula is C16H16N4O5S. The number of nitrogens with one attached hydrogen (secondary N) is 2. The van der Waals surface area contributed by atoms with E-state index in [4.69, 9.17) is 5.73 Å². The first-order valence-corrected chi connectivity index (χ1v) is 9.10. The van der Waals surface area contributed by atoms with Gasteiger partial charge in [-0.25, -0.2) is 9.78 Å². The first-order chi connectivity index (χ1) is 12.3. The van der Waals surface area contributed by atoms with Crippen LogP contribution in [-0.4, -0.2) is 25.4 Å². The first-order valence-electron chi connectivity index (χ1n) is 7.69. The third-order valence-corrected chi connectivity index (χ3v) is 4.68. The van der Waals surface area contributed by atoms with Gasteiger partial charge in [0.05, 0.1) is 0 Å². The van der Waals surface area contributed by atoms with E-state index in [1.807, 2.05) is 12.1 Å². The highest BCUT2D eigenvalue weighted by Gasteiger charge is 2.20. The van der Waals surface area contributed by atoms with E-state index >= 15 is 0 Å². The molecule has 2 heterocycles. The molecule has 10 heteroatoms. The molecule has 9 nitrogen and oxygen atoms in total. The van der Waals surface area contributed by atoms with E-state index in [1.54, 1.807) is 24.4 Å². The Morgan fingerprint density at radius 3 is 2.88 bits per heavy atom. The van der Waals surface area contributed by atoms with Crippen LogP contribution in [0.25, 0.3) is 11.1 Å². The van der Waals surface area contributed by atoms with E-state index in [9.17, 15) is 18.0 Å². The van der Waals surface area contributed by atoms with Gasteiger partial charge in [0, 0.05) is 24.7 Å². The molecule has 4 N–H and O–H groups in total. The Morgan fingerprint density at radius 2 is 2.12 bits per heavy atom. The van der Waals surface area contributed by atoms with Gasteiger partial charge in [-0.1, -0.05) is 18.2 Å². The van der Waals surface area contributed by atoms with Crippen LogP contribution in [0.2, 0.25) is 0 Å². The van der Waals surface area contributed by atoms with E-state index in [1.165, 1.54) is 0 Å². The number of anilines is 1. The maximum Gasteiger partial charge on any atom is 0.421 e. The standard InChI is InChI=1S/C16H16N4O5S/c17-16(22)25-26(23,24)19-9-10-2-1-3-11(8-10)12-6-7-18-15-13(12)4-5-14(21)20-15/h1-3,6-8,19H,4-5,9H2,(H2,17,22)(H,18,20,21). The van der Waals surface area contributed by atoms with Gasteiger partial charge < -0.3 is 15.2 Å². The molecule has 0 fully saturated rings. The van der Waals surface area contributed by atoms with Crippen molar-refractivity contribution in [1.29, 1.82) is 0 Å². The zero-order valence-corrected chi connectivity index (χ0v) is 14.4. The molecule has 136 valence electrons. The third kappa shape index (κ3) is 4.16. The van der Waals surface area contributed by atoms with Crippen molar-refractivity contribution < 1.29 is 22.2 Å². The minimum atomic E-state index is -4.26. The smallest absolute Gasteiger partial charge is 0.334 e.